The number of hydrogen-bond acceptors (Lipinski definition) is 4. The summed E-state index contributed by atoms with van der Waals surface area (Å²) in [6, 6.07) is 0. The lowest BCUT2D eigenvalue weighted by Crippen LogP contribution is -2.05. The quantitative estimate of drug-likeness (QED) is 0.153. The molecule has 22 heavy (non-hydrogen) atoms. The molecule has 1 fully saturated rings. The van der Waals surface area contributed by atoms with E-state index in [0.29, 0.717) is 6.42 Å². The maximum absolute atomic E-state index is 11.4. The van der Waals surface area contributed by atoms with Gasteiger partial charge in [-0.05, 0) is 25.7 Å². The standard InChI is InChI=1S/C18H28O4/c1-2-3-4-5-6-7-8-9-10-11-12-13-15(19)17-16(20)14-22-18(17)21/h5-6,19H,2-4,7-14H2,1H3. The second-order valence-electron chi connectivity index (χ2n) is 5.74. The average Bonchev–Trinajstić information content (AvgIpc) is 2.83. The maximum atomic E-state index is 11.4. The SMILES string of the molecule is CCCCC=CCCCCCCCC(O)=C1C(=O)COC1=O. The Balaban J connectivity index is 2.04. The average molecular weight is 308 g/mol. The smallest absolute Gasteiger partial charge is 0.345 e. The van der Waals surface area contributed by atoms with E-state index in [2.05, 4.69) is 23.8 Å². The summed E-state index contributed by atoms with van der Waals surface area (Å²) >= 11 is 0. The monoisotopic (exact) mass is 308 g/mol. The molecule has 0 unspecified atom stereocenters. The zero-order chi connectivity index (χ0) is 16.2. The number of Topliss-reactive ketones (excluding diaryl/α,β-unsaturated/α-hetero) is 1. The van der Waals surface area contributed by atoms with Gasteiger partial charge in [0, 0.05) is 6.42 Å². The van der Waals surface area contributed by atoms with Crippen molar-refractivity contribution in [3.8, 4) is 0 Å². The van der Waals surface area contributed by atoms with E-state index in [1.807, 2.05) is 0 Å². The van der Waals surface area contributed by atoms with Gasteiger partial charge in [0.05, 0.1) is 0 Å². The molecule has 1 aliphatic rings. The van der Waals surface area contributed by atoms with E-state index < -0.39 is 11.8 Å². The van der Waals surface area contributed by atoms with Crippen LogP contribution in [0.2, 0.25) is 0 Å². The van der Waals surface area contributed by atoms with Gasteiger partial charge in [0.2, 0.25) is 5.78 Å². The van der Waals surface area contributed by atoms with Crippen molar-refractivity contribution in [3.05, 3.63) is 23.5 Å². The van der Waals surface area contributed by atoms with Crippen molar-refractivity contribution in [3.63, 3.8) is 0 Å². The first-order valence-corrected chi connectivity index (χ1v) is 8.44. The molecule has 4 heteroatoms. The lowest BCUT2D eigenvalue weighted by molar-refractivity contribution is -0.135. The first-order valence-electron chi connectivity index (χ1n) is 8.44. The number of allylic oxidation sites excluding steroid dienone is 3. The molecule has 0 spiro atoms. The molecule has 1 N–H and O–H groups in total. The fourth-order valence-corrected chi connectivity index (χ4v) is 2.44. The van der Waals surface area contributed by atoms with Crippen molar-refractivity contribution in [2.45, 2.75) is 71.1 Å². The number of carbonyl (C=O) groups is 2. The molecule has 1 rings (SSSR count). The Hall–Kier alpha value is -1.58. The number of ketones is 1. The molecular weight excluding hydrogens is 280 g/mol. The number of cyclic esters (lactones) is 1. The van der Waals surface area contributed by atoms with Crippen LogP contribution >= 0.6 is 0 Å². The van der Waals surface area contributed by atoms with Crippen LogP contribution in [0.25, 0.3) is 0 Å². The number of carbonyl (C=O) groups excluding carboxylic acids is 2. The number of aliphatic hydroxyl groups excluding tert-OH is 1. The summed E-state index contributed by atoms with van der Waals surface area (Å²) in [5.74, 6) is -1.19. The second-order valence-corrected chi connectivity index (χ2v) is 5.74. The highest BCUT2D eigenvalue weighted by Crippen LogP contribution is 2.18. The van der Waals surface area contributed by atoms with Crippen LogP contribution in [-0.4, -0.2) is 23.5 Å². The molecule has 1 heterocycles. The van der Waals surface area contributed by atoms with Crippen LogP contribution < -0.4 is 0 Å². The van der Waals surface area contributed by atoms with Gasteiger partial charge in [-0.25, -0.2) is 4.79 Å². The van der Waals surface area contributed by atoms with E-state index in [-0.39, 0.29) is 17.9 Å². The van der Waals surface area contributed by atoms with Crippen LogP contribution in [0.15, 0.2) is 23.5 Å². The Bertz CT molecular complexity index is 403. The Morgan fingerprint density at radius 1 is 1.05 bits per heavy atom. The maximum Gasteiger partial charge on any atom is 0.345 e. The van der Waals surface area contributed by atoms with Gasteiger partial charge in [0.1, 0.15) is 11.3 Å². The minimum absolute atomic E-state index is 0.105. The van der Waals surface area contributed by atoms with Gasteiger partial charge in [-0.1, -0.05) is 51.2 Å². The topological polar surface area (TPSA) is 63.6 Å². The fourth-order valence-electron chi connectivity index (χ4n) is 2.44. The second kappa shape index (κ2) is 11.0. The first kappa shape index (κ1) is 18.5. The molecule has 4 nitrogen and oxygen atoms in total. The Morgan fingerprint density at radius 2 is 1.68 bits per heavy atom. The molecule has 0 aliphatic carbocycles. The molecule has 0 aromatic heterocycles. The van der Waals surface area contributed by atoms with Crippen LogP contribution in [0.3, 0.4) is 0 Å². The van der Waals surface area contributed by atoms with Crippen molar-refractivity contribution in [2.75, 3.05) is 6.61 Å². The van der Waals surface area contributed by atoms with E-state index >= 15 is 0 Å². The molecule has 0 amide bonds. The number of esters is 1. The normalized spacial score (nSPS) is 17.3. The van der Waals surface area contributed by atoms with Gasteiger partial charge >= 0.3 is 5.97 Å². The van der Waals surface area contributed by atoms with Crippen LogP contribution in [0.1, 0.15) is 71.1 Å². The highest BCUT2D eigenvalue weighted by molar-refractivity contribution is 6.22. The highest BCUT2D eigenvalue weighted by atomic mass is 16.5. The molecule has 0 aromatic carbocycles. The van der Waals surface area contributed by atoms with Gasteiger partial charge in [-0.3, -0.25) is 4.79 Å². The number of ether oxygens (including phenoxy) is 1. The van der Waals surface area contributed by atoms with Crippen LogP contribution in [-0.2, 0) is 14.3 Å². The molecule has 0 radical (unpaired) electrons. The molecule has 0 aromatic rings. The summed E-state index contributed by atoms with van der Waals surface area (Å²) in [7, 11) is 0. The number of hydrogen-bond donors (Lipinski definition) is 1. The summed E-state index contributed by atoms with van der Waals surface area (Å²) < 4.78 is 4.59. The predicted molar refractivity (Wildman–Crippen MR) is 86.6 cm³/mol. The third kappa shape index (κ3) is 6.92. The minimum atomic E-state index is -0.683. The Morgan fingerprint density at radius 3 is 2.32 bits per heavy atom. The van der Waals surface area contributed by atoms with Gasteiger partial charge in [0.15, 0.2) is 6.61 Å². The molecular formula is C18H28O4. The van der Waals surface area contributed by atoms with Gasteiger partial charge in [-0.2, -0.15) is 0 Å². The van der Waals surface area contributed by atoms with E-state index in [0.717, 1.165) is 25.7 Å². The molecule has 124 valence electrons. The summed E-state index contributed by atoms with van der Waals surface area (Å²) in [6.45, 7) is 1.97. The van der Waals surface area contributed by atoms with Crippen molar-refractivity contribution in [1.29, 1.82) is 0 Å². The van der Waals surface area contributed by atoms with E-state index in [4.69, 9.17) is 0 Å². The number of aliphatic hydroxyl groups is 1. The van der Waals surface area contributed by atoms with Crippen molar-refractivity contribution < 1.29 is 19.4 Å². The Labute approximate surface area is 133 Å². The van der Waals surface area contributed by atoms with Crippen LogP contribution in [0, 0.1) is 0 Å². The lowest BCUT2D eigenvalue weighted by Gasteiger charge is -2.02. The van der Waals surface area contributed by atoms with Gasteiger partial charge in [-0.15, -0.1) is 0 Å². The molecule has 1 saturated heterocycles. The van der Waals surface area contributed by atoms with Gasteiger partial charge in [0.25, 0.3) is 0 Å². The third-order valence-corrected chi connectivity index (χ3v) is 3.78. The molecule has 0 bridgehead atoms. The van der Waals surface area contributed by atoms with E-state index in [1.54, 1.807) is 0 Å². The first-order chi connectivity index (χ1) is 10.7. The summed E-state index contributed by atoms with van der Waals surface area (Å²) in [4.78, 5) is 22.6. The van der Waals surface area contributed by atoms with E-state index in [1.165, 1.54) is 32.1 Å². The minimum Gasteiger partial charge on any atom is -0.511 e. The summed E-state index contributed by atoms with van der Waals surface area (Å²) in [5.41, 5.74) is -0.141. The van der Waals surface area contributed by atoms with Crippen molar-refractivity contribution in [2.24, 2.45) is 0 Å². The van der Waals surface area contributed by atoms with Crippen LogP contribution in [0.4, 0.5) is 0 Å². The van der Waals surface area contributed by atoms with Gasteiger partial charge < -0.3 is 9.84 Å². The molecule has 1 aliphatic heterocycles. The van der Waals surface area contributed by atoms with Crippen LogP contribution in [0.5, 0.6) is 0 Å². The summed E-state index contributed by atoms with van der Waals surface area (Å²) in [6.07, 6.45) is 15.0. The highest BCUT2D eigenvalue weighted by Gasteiger charge is 2.31. The van der Waals surface area contributed by atoms with E-state index in [9.17, 15) is 14.7 Å². The number of unbranched alkanes of at least 4 members (excludes halogenated alkanes) is 7. The fraction of sp³-hybridized carbons (Fsp3) is 0.667. The zero-order valence-electron chi connectivity index (χ0n) is 13.6. The zero-order valence-corrected chi connectivity index (χ0v) is 13.6. The van der Waals surface area contributed by atoms with Crippen molar-refractivity contribution in [1.82, 2.24) is 0 Å². The largest absolute Gasteiger partial charge is 0.511 e. The molecule has 0 atom stereocenters. The lowest BCUT2D eigenvalue weighted by atomic mass is 10.1. The Kier molecular flexibility index (Phi) is 9.28. The molecule has 0 saturated carbocycles. The predicted octanol–water partition coefficient (Wildman–Crippen LogP) is 4.40. The summed E-state index contributed by atoms with van der Waals surface area (Å²) in [5, 5.41) is 9.78. The third-order valence-electron chi connectivity index (χ3n) is 3.78. The van der Waals surface area contributed by atoms with Crippen molar-refractivity contribution >= 4 is 11.8 Å². The number of rotatable bonds is 11.